The quantitative estimate of drug-likeness (QED) is 0.753. The number of hydrogen-bond acceptors (Lipinski definition) is 2. The van der Waals surface area contributed by atoms with E-state index < -0.39 is 35.5 Å². The molecule has 0 aliphatic carbocycles. The molecule has 1 aromatic rings. The second-order valence-corrected chi connectivity index (χ2v) is 2.59. The van der Waals surface area contributed by atoms with E-state index in [4.69, 9.17) is 5.73 Å². The standard InChI is InChI=1S/C7H4F6N2/c8-3-1-2(7(11,12)13)4(5(9)10)15-6(3)14/h1,5H,(H2,14,15). The highest BCUT2D eigenvalue weighted by Gasteiger charge is 2.37. The molecule has 0 bridgehead atoms. The molecule has 0 saturated carbocycles. The van der Waals surface area contributed by atoms with E-state index in [9.17, 15) is 26.3 Å². The molecule has 0 fully saturated rings. The van der Waals surface area contributed by atoms with Gasteiger partial charge in [-0.15, -0.1) is 0 Å². The number of aromatic nitrogens is 1. The number of rotatable bonds is 1. The number of nitrogen functional groups attached to an aromatic ring is 1. The normalized spacial score (nSPS) is 12.2. The summed E-state index contributed by atoms with van der Waals surface area (Å²) in [6, 6.07) is -0.0934. The Balaban J connectivity index is 3.42. The van der Waals surface area contributed by atoms with Crippen LogP contribution in [-0.2, 0) is 6.18 Å². The molecule has 15 heavy (non-hydrogen) atoms. The predicted molar refractivity (Wildman–Crippen MR) is 38.6 cm³/mol. The Morgan fingerprint density at radius 3 is 2.20 bits per heavy atom. The number of nitrogens with two attached hydrogens (primary N) is 1. The summed E-state index contributed by atoms with van der Waals surface area (Å²) >= 11 is 0. The molecule has 1 aromatic heterocycles. The van der Waals surface area contributed by atoms with Gasteiger partial charge >= 0.3 is 6.18 Å². The largest absolute Gasteiger partial charge is 0.418 e. The molecule has 0 unspecified atom stereocenters. The van der Waals surface area contributed by atoms with Crippen LogP contribution in [0.5, 0.6) is 0 Å². The molecular weight excluding hydrogens is 226 g/mol. The van der Waals surface area contributed by atoms with Gasteiger partial charge in [0.25, 0.3) is 6.43 Å². The molecule has 0 aliphatic rings. The Morgan fingerprint density at radius 1 is 1.27 bits per heavy atom. The van der Waals surface area contributed by atoms with Gasteiger partial charge in [0.05, 0.1) is 5.56 Å². The van der Waals surface area contributed by atoms with E-state index in [1.807, 2.05) is 0 Å². The third-order valence-corrected chi connectivity index (χ3v) is 1.54. The van der Waals surface area contributed by atoms with E-state index in [1.54, 1.807) is 0 Å². The van der Waals surface area contributed by atoms with E-state index in [1.165, 1.54) is 0 Å². The molecule has 0 aliphatic heterocycles. The highest BCUT2D eigenvalue weighted by molar-refractivity contribution is 5.37. The van der Waals surface area contributed by atoms with Crippen LogP contribution in [0.15, 0.2) is 6.07 Å². The molecule has 0 spiro atoms. The lowest BCUT2D eigenvalue weighted by atomic mass is 10.2. The van der Waals surface area contributed by atoms with Gasteiger partial charge in [-0.05, 0) is 6.07 Å². The van der Waals surface area contributed by atoms with Crippen molar-refractivity contribution in [1.82, 2.24) is 4.98 Å². The fourth-order valence-electron chi connectivity index (χ4n) is 0.911. The first-order valence-electron chi connectivity index (χ1n) is 3.54. The molecule has 2 N–H and O–H groups in total. The maximum atomic E-state index is 12.6. The van der Waals surface area contributed by atoms with Crippen molar-refractivity contribution in [2.24, 2.45) is 0 Å². The lowest BCUT2D eigenvalue weighted by Crippen LogP contribution is -2.13. The zero-order valence-corrected chi connectivity index (χ0v) is 6.95. The van der Waals surface area contributed by atoms with Crippen LogP contribution in [0.1, 0.15) is 17.7 Å². The SMILES string of the molecule is Nc1nc(C(F)F)c(C(F)(F)F)cc1F. The van der Waals surface area contributed by atoms with Crippen LogP contribution in [-0.4, -0.2) is 4.98 Å². The van der Waals surface area contributed by atoms with E-state index in [-0.39, 0.29) is 6.07 Å². The van der Waals surface area contributed by atoms with Crippen LogP contribution in [0, 0.1) is 5.82 Å². The van der Waals surface area contributed by atoms with Crippen molar-refractivity contribution < 1.29 is 26.3 Å². The summed E-state index contributed by atoms with van der Waals surface area (Å²) in [5, 5.41) is 0. The van der Waals surface area contributed by atoms with E-state index in [0.29, 0.717) is 0 Å². The first-order chi connectivity index (χ1) is 6.73. The third-order valence-electron chi connectivity index (χ3n) is 1.54. The number of anilines is 1. The van der Waals surface area contributed by atoms with Crippen LogP contribution in [0.4, 0.5) is 32.2 Å². The zero-order valence-electron chi connectivity index (χ0n) is 6.95. The smallest absolute Gasteiger partial charge is 0.381 e. The summed E-state index contributed by atoms with van der Waals surface area (Å²) in [7, 11) is 0. The van der Waals surface area contributed by atoms with Crippen molar-refractivity contribution in [2.75, 3.05) is 5.73 Å². The van der Waals surface area contributed by atoms with E-state index in [0.717, 1.165) is 0 Å². The number of pyridine rings is 1. The second-order valence-electron chi connectivity index (χ2n) is 2.59. The van der Waals surface area contributed by atoms with Gasteiger partial charge in [0.2, 0.25) is 0 Å². The first-order valence-corrected chi connectivity index (χ1v) is 3.54. The fraction of sp³-hybridized carbons (Fsp3) is 0.286. The predicted octanol–water partition coefficient (Wildman–Crippen LogP) is 2.76. The monoisotopic (exact) mass is 230 g/mol. The van der Waals surface area contributed by atoms with Gasteiger partial charge in [-0.25, -0.2) is 18.2 Å². The van der Waals surface area contributed by atoms with E-state index in [2.05, 4.69) is 4.98 Å². The summed E-state index contributed by atoms with van der Waals surface area (Å²) in [6.07, 6.45) is -8.56. The summed E-state index contributed by atoms with van der Waals surface area (Å²) in [5.41, 5.74) is 1.40. The van der Waals surface area contributed by atoms with E-state index >= 15 is 0 Å². The Labute approximate surface area is 79.7 Å². The average molecular weight is 230 g/mol. The first kappa shape index (κ1) is 11.6. The van der Waals surface area contributed by atoms with Crippen LogP contribution >= 0.6 is 0 Å². The lowest BCUT2D eigenvalue weighted by molar-refractivity contribution is -0.140. The van der Waals surface area contributed by atoms with Gasteiger partial charge < -0.3 is 5.73 Å². The maximum absolute atomic E-state index is 12.6. The minimum absolute atomic E-state index is 0.0934. The fourth-order valence-corrected chi connectivity index (χ4v) is 0.911. The molecule has 0 saturated heterocycles. The van der Waals surface area contributed by atoms with Crippen molar-refractivity contribution in [2.45, 2.75) is 12.6 Å². The molecule has 0 radical (unpaired) electrons. The number of nitrogens with zero attached hydrogens (tertiary/aromatic N) is 1. The Morgan fingerprint density at radius 2 is 1.80 bits per heavy atom. The minimum Gasteiger partial charge on any atom is -0.381 e. The number of alkyl halides is 5. The molecule has 0 atom stereocenters. The van der Waals surface area contributed by atoms with Crippen molar-refractivity contribution in [3.05, 3.63) is 23.1 Å². The topological polar surface area (TPSA) is 38.9 Å². The Kier molecular flexibility index (Phi) is 2.78. The summed E-state index contributed by atoms with van der Waals surface area (Å²) in [4.78, 5) is 2.67. The Hall–Kier alpha value is -1.47. The average Bonchev–Trinajstić information content (AvgIpc) is 2.06. The molecule has 2 nitrogen and oxygen atoms in total. The maximum Gasteiger partial charge on any atom is 0.418 e. The van der Waals surface area contributed by atoms with Crippen LogP contribution in [0.2, 0.25) is 0 Å². The summed E-state index contributed by atoms with van der Waals surface area (Å²) in [6.45, 7) is 0. The Bertz CT molecular complexity index is 372. The third kappa shape index (κ3) is 2.31. The van der Waals surface area contributed by atoms with Gasteiger partial charge in [-0.1, -0.05) is 0 Å². The van der Waals surface area contributed by atoms with Crippen molar-refractivity contribution in [3.8, 4) is 0 Å². The van der Waals surface area contributed by atoms with Gasteiger partial charge in [-0.2, -0.15) is 13.2 Å². The van der Waals surface area contributed by atoms with Crippen LogP contribution in [0.3, 0.4) is 0 Å². The summed E-state index contributed by atoms with van der Waals surface area (Å²) < 4.78 is 73.3. The van der Waals surface area contributed by atoms with Gasteiger partial charge in [0.1, 0.15) is 5.69 Å². The minimum atomic E-state index is -5.09. The summed E-state index contributed by atoms with van der Waals surface area (Å²) in [5.74, 6) is -2.47. The van der Waals surface area contributed by atoms with Gasteiger partial charge in [0.15, 0.2) is 11.6 Å². The van der Waals surface area contributed by atoms with Crippen LogP contribution < -0.4 is 5.73 Å². The van der Waals surface area contributed by atoms with Gasteiger partial charge in [0, 0.05) is 0 Å². The second kappa shape index (κ2) is 3.59. The molecule has 84 valence electrons. The van der Waals surface area contributed by atoms with Gasteiger partial charge in [-0.3, -0.25) is 0 Å². The van der Waals surface area contributed by atoms with Crippen LogP contribution in [0.25, 0.3) is 0 Å². The van der Waals surface area contributed by atoms with Crippen molar-refractivity contribution >= 4 is 5.82 Å². The molecule has 0 amide bonds. The molecule has 1 heterocycles. The zero-order chi connectivity index (χ0) is 11.8. The number of hydrogen-bond donors (Lipinski definition) is 1. The van der Waals surface area contributed by atoms with Crippen molar-refractivity contribution in [3.63, 3.8) is 0 Å². The molecule has 1 rings (SSSR count). The van der Waals surface area contributed by atoms with Crippen molar-refractivity contribution in [1.29, 1.82) is 0 Å². The molecular formula is C7H4F6N2. The molecule has 8 heteroatoms. The molecule has 0 aromatic carbocycles. The lowest BCUT2D eigenvalue weighted by Gasteiger charge is -2.12. The highest BCUT2D eigenvalue weighted by atomic mass is 19.4. The number of halogens is 6. The highest BCUT2D eigenvalue weighted by Crippen LogP contribution is 2.36.